The van der Waals surface area contributed by atoms with Crippen LogP contribution in [0.5, 0.6) is 0 Å². The lowest BCUT2D eigenvalue weighted by atomic mass is 9.82. The van der Waals surface area contributed by atoms with Gasteiger partial charge in [0.05, 0.1) is 0 Å². The van der Waals surface area contributed by atoms with E-state index in [9.17, 15) is 4.79 Å². The van der Waals surface area contributed by atoms with Crippen molar-refractivity contribution in [1.82, 2.24) is 4.98 Å². The van der Waals surface area contributed by atoms with Gasteiger partial charge in [0.25, 0.3) is 0 Å². The van der Waals surface area contributed by atoms with Crippen LogP contribution in [0, 0.1) is 5.41 Å². The van der Waals surface area contributed by atoms with Crippen LogP contribution in [0.1, 0.15) is 19.4 Å². The first-order valence-corrected chi connectivity index (χ1v) is 5.51. The van der Waals surface area contributed by atoms with Gasteiger partial charge in [0, 0.05) is 22.3 Å². The van der Waals surface area contributed by atoms with E-state index in [1.807, 2.05) is 19.9 Å². The van der Waals surface area contributed by atoms with E-state index < -0.39 is 5.41 Å². The molecule has 1 heterocycles. The van der Waals surface area contributed by atoms with Crippen LogP contribution in [0.4, 0.5) is 0 Å². The summed E-state index contributed by atoms with van der Waals surface area (Å²) >= 11 is 3.36. The minimum atomic E-state index is -0.412. The van der Waals surface area contributed by atoms with E-state index >= 15 is 0 Å². The highest BCUT2D eigenvalue weighted by Gasteiger charge is 2.25. The number of allylic oxidation sites excluding steroid dienone is 1. The van der Waals surface area contributed by atoms with Crippen LogP contribution in [-0.2, 0) is 11.2 Å². The Hall–Kier alpha value is -0.960. The quantitative estimate of drug-likeness (QED) is 0.785. The molecule has 0 amide bonds. The summed E-state index contributed by atoms with van der Waals surface area (Å²) in [4.78, 5) is 15.6. The Labute approximate surface area is 98.5 Å². The molecule has 0 saturated heterocycles. The normalized spacial score (nSPS) is 11.1. The van der Waals surface area contributed by atoms with Crippen LogP contribution in [-0.4, -0.2) is 10.8 Å². The summed E-state index contributed by atoms with van der Waals surface area (Å²) in [5.41, 5.74) is 0.633. The molecule has 1 aromatic rings. The minimum absolute atomic E-state index is 0.0578. The molecule has 0 fully saturated rings. The Morgan fingerprint density at radius 3 is 2.80 bits per heavy atom. The first kappa shape index (κ1) is 12.1. The number of aromatic nitrogens is 1. The monoisotopic (exact) mass is 267 g/mol. The lowest BCUT2D eigenvalue weighted by molar-refractivity contribution is -0.122. The Balaban J connectivity index is 2.86. The van der Waals surface area contributed by atoms with Gasteiger partial charge in [-0.1, -0.05) is 20.4 Å². The van der Waals surface area contributed by atoms with Crippen molar-refractivity contribution in [3.05, 3.63) is 41.2 Å². The lowest BCUT2D eigenvalue weighted by Gasteiger charge is -2.20. The Bertz CT molecular complexity index is 385. The topological polar surface area (TPSA) is 30.0 Å². The molecule has 0 aliphatic carbocycles. The Kier molecular flexibility index (Phi) is 3.80. The third-order valence-electron chi connectivity index (χ3n) is 2.26. The molecule has 1 rings (SSSR count). The number of ketones is 1. The molecule has 0 N–H and O–H groups in total. The summed E-state index contributed by atoms with van der Waals surface area (Å²) < 4.78 is 0.932. The number of hydrogen-bond acceptors (Lipinski definition) is 2. The first-order chi connectivity index (χ1) is 6.95. The van der Waals surface area contributed by atoms with Crippen molar-refractivity contribution >= 4 is 21.7 Å². The molecule has 80 valence electrons. The predicted octanol–water partition coefficient (Wildman–Crippen LogP) is 3.17. The average Bonchev–Trinajstić information content (AvgIpc) is 2.15. The molecule has 15 heavy (non-hydrogen) atoms. The minimum Gasteiger partial charge on any atom is -0.294 e. The number of halogens is 1. The van der Waals surface area contributed by atoms with Gasteiger partial charge in [0.2, 0.25) is 0 Å². The highest BCUT2D eigenvalue weighted by Crippen LogP contribution is 2.24. The van der Waals surface area contributed by atoms with E-state index in [0.29, 0.717) is 6.42 Å². The van der Waals surface area contributed by atoms with Crippen LogP contribution >= 0.6 is 15.9 Å². The lowest BCUT2D eigenvalue weighted by Crippen LogP contribution is -2.24. The first-order valence-electron chi connectivity index (χ1n) is 4.72. The number of rotatable bonds is 4. The number of hydrogen-bond donors (Lipinski definition) is 0. The molecule has 0 aliphatic rings. The summed E-state index contributed by atoms with van der Waals surface area (Å²) in [5, 5.41) is 0. The van der Waals surface area contributed by atoms with Crippen LogP contribution in [0.25, 0.3) is 0 Å². The highest BCUT2D eigenvalue weighted by molar-refractivity contribution is 9.10. The number of pyridine rings is 1. The zero-order chi connectivity index (χ0) is 11.5. The molecule has 0 atom stereocenters. The van der Waals surface area contributed by atoms with Crippen molar-refractivity contribution < 1.29 is 4.79 Å². The zero-order valence-electron chi connectivity index (χ0n) is 8.96. The largest absolute Gasteiger partial charge is 0.294 e. The fourth-order valence-electron chi connectivity index (χ4n) is 1.43. The highest BCUT2D eigenvalue weighted by atomic mass is 79.9. The Morgan fingerprint density at radius 2 is 2.27 bits per heavy atom. The predicted molar refractivity (Wildman–Crippen MR) is 64.6 cm³/mol. The summed E-state index contributed by atoms with van der Waals surface area (Å²) in [6.45, 7) is 7.34. The molecule has 0 radical (unpaired) electrons. The molecule has 2 nitrogen and oxygen atoms in total. The summed E-state index contributed by atoms with van der Waals surface area (Å²) in [6.07, 6.45) is 5.56. The second-order valence-corrected chi connectivity index (χ2v) is 5.06. The molecular weight excluding hydrogens is 254 g/mol. The maximum atomic E-state index is 11.6. The van der Waals surface area contributed by atoms with E-state index in [0.717, 1.165) is 10.0 Å². The second-order valence-electron chi connectivity index (χ2n) is 4.14. The Morgan fingerprint density at radius 1 is 1.60 bits per heavy atom. The SMILES string of the molecule is C=CC(=O)C(C)(C)Cc1cncc(Br)c1. The third-order valence-corrected chi connectivity index (χ3v) is 2.69. The van der Waals surface area contributed by atoms with Crippen molar-refractivity contribution in [2.24, 2.45) is 5.41 Å². The smallest absolute Gasteiger partial charge is 0.161 e. The molecule has 0 aliphatic heterocycles. The number of carbonyl (C=O) groups excluding carboxylic acids is 1. The van der Waals surface area contributed by atoms with Gasteiger partial charge >= 0.3 is 0 Å². The number of nitrogens with zero attached hydrogens (tertiary/aromatic N) is 1. The molecule has 0 spiro atoms. The fraction of sp³-hybridized carbons (Fsp3) is 0.333. The van der Waals surface area contributed by atoms with Crippen LogP contribution in [0.3, 0.4) is 0 Å². The summed E-state index contributed by atoms with van der Waals surface area (Å²) in [6, 6.07) is 1.98. The van der Waals surface area contributed by atoms with Crippen LogP contribution in [0.2, 0.25) is 0 Å². The van der Waals surface area contributed by atoms with Gasteiger partial charge in [0.15, 0.2) is 5.78 Å². The van der Waals surface area contributed by atoms with E-state index in [1.54, 1.807) is 12.4 Å². The zero-order valence-corrected chi connectivity index (χ0v) is 10.5. The van der Waals surface area contributed by atoms with Gasteiger partial charge in [-0.25, -0.2) is 0 Å². The van der Waals surface area contributed by atoms with Gasteiger partial charge < -0.3 is 0 Å². The van der Waals surface area contributed by atoms with Crippen LogP contribution in [0.15, 0.2) is 35.6 Å². The molecule has 3 heteroatoms. The van der Waals surface area contributed by atoms with Crippen molar-refractivity contribution in [3.63, 3.8) is 0 Å². The third kappa shape index (κ3) is 3.27. The molecular formula is C12H14BrNO. The van der Waals surface area contributed by atoms with Gasteiger partial charge in [0.1, 0.15) is 0 Å². The average molecular weight is 268 g/mol. The van der Waals surface area contributed by atoms with Gasteiger partial charge in [-0.05, 0) is 40.1 Å². The molecule has 0 bridgehead atoms. The van der Waals surface area contributed by atoms with E-state index in [2.05, 4.69) is 27.5 Å². The second kappa shape index (κ2) is 4.71. The number of carbonyl (C=O) groups is 1. The summed E-state index contributed by atoms with van der Waals surface area (Å²) in [7, 11) is 0. The van der Waals surface area contributed by atoms with Crippen molar-refractivity contribution in [2.75, 3.05) is 0 Å². The van der Waals surface area contributed by atoms with E-state index in [-0.39, 0.29) is 5.78 Å². The van der Waals surface area contributed by atoms with Crippen molar-refractivity contribution in [3.8, 4) is 0 Å². The van der Waals surface area contributed by atoms with Gasteiger partial charge in [-0.2, -0.15) is 0 Å². The van der Waals surface area contributed by atoms with Crippen LogP contribution < -0.4 is 0 Å². The van der Waals surface area contributed by atoms with Gasteiger partial charge in [-0.3, -0.25) is 9.78 Å². The van der Waals surface area contributed by atoms with Crippen molar-refractivity contribution in [1.29, 1.82) is 0 Å². The van der Waals surface area contributed by atoms with E-state index in [4.69, 9.17) is 0 Å². The fourth-order valence-corrected chi connectivity index (χ4v) is 1.84. The maximum absolute atomic E-state index is 11.6. The standard InChI is InChI=1S/C12H14BrNO/c1-4-11(15)12(2,3)6-9-5-10(13)8-14-7-9/h4-5,7-8H,1,6H2,2-3H3. The molecule has 0 aromatic carbocycles. The molecule has 1 aromatic heterocycles. The molecule has 0 unspecified atom stereocenters. The van der Waals surface area contributed by atoms with Gasteiger partial charge in [-0.15, -0.1) is 0 Å². The summed E-state index contributed by atoms with van der Waals surface area (Å²) in [5.74, 6) is 0.0578. The molecule has 0 saturated carbocycles. The van der Waals surface area contributed by atoms with E-state index in [1.165, 1.54) is 6.08 Å². The maximum Gasteiger partial charge on any atom is 0.161 e. The van der Waals surface area contributed by atoms with Crippen molar-refractivity contribution in [2.45, 2.75) is 20.3 Å².